The summed E-state index contributed by atoms with van der Waals surface area (Å²) in [5, 5.41) is 5.17. The number of rotatable bonds is 4. The number of aromatic nitrogens is 2. The molecule has 0 aliphatic heterocycles. The van der Waals surface area contributed by atoms with Gasteiger partial charge in [0.05, 0.1) is 5.69 Å². The Labute approximate surface area is 108 Å². The summed E-state index contributed by atoms with van der Waals surface area (Å²) in [7, 11) is 0. The molecule has 0 fully saturated rings. The molecule has 1 N–H and O–H groups in total. The molecule has 0 aromatic carbocycles. The highest BCUT2D eigenvalue weighted by atomic mass is 32.1. The summed E-state index contributed by atoms with van der Waals surface area (Å²) < 4.78 is 1.51. The van der Waals surface area contributed by atoms with Crippen molar-refractivity contribution in [2.45, 2.75) is 19.9 Å². The van der Waals surface area contributed by atoms with E-state index in [1.54, 1.807) is 18.3 Å². The van der Waals surface area contributed by atoms with Gasteiger partial charge in [-0.3, -0.25) is 9.59 Å². The lowest BCUT2D eigenvalue weighted by molar-refractivity contribution is -0.116. The molecule has 0 spiro atoms. The van der Waals surface area contributed by atoms with Gasteiger partial charge in [0.1, 0.15) is 0 Å². The highest BCUT2D eigenvalue weighted by Crippen LogP contribution is 2.14. The van der Waals surface area contributed by atoms with Crippen molar-refractivity contribution in [3.05, 3.63) is 45.8 Å². The Morgan fingerprint density at radius 2 is 2.33 bits per heavy atom. The Hall–Kier alpha value is -1.95. The molecule has 0 aliphatic carbocycles. The Kier molecular flexibility index (Phi) is 3.88. The van der Waals surface area contributed by atoms with E-state index in [-0.39, 0.29) is 17.9 Å². The van der Waals surface area contributed by atoms with Gasteiger partial charge in [-0.2, -0.15) is 0 Å². The molecule has 2 aromatic rings. The van der Waals surface area contributed by atoms with Gasteiger partial charge in [0.15, 0.2) is 5.13 Å². The van der Waals surface area contributed by atoms with Gasteiger partial charge in [0.25, 0.3) is 5.56 Å². The number of amides is 1. The molecule has 0 bridgehead atoms. The molecule has 0 unspecified atom stereocenters. The third kappa shape index (κ3) is 3.27. The van der Waals surface area contributed by atoms with E-state index < -0.39 is 0 Å². The molecule has 0 radical (unpaired) electrons. The maximum atomic E-state index is 11.6. The molecule has 0 atom stereocenters. The highest BCUT2D eigenvalue weighted by Gasteiger charge is 2.05. The second-order valence-corrected chi connectivity index (χ2v) is 4.68. The van der Waals surface area contributed by atoms with Gasteiger partial charge >= 0.3 is 0 Å². The Bertz CT molecular complexity index is 603. The van der Waals surface area contributed by atoms with Crippen molar-refractivity contribution in [2.75, 3.05) is 5.32 Å². The fourth-order valence-electron chi connectivity index (χ4n) is 1.46. The molecule has 2 heterocycles. The molecular weight excluding hydrogens is 250 g/mol. The van der Waals surface area contributed by atoms with E-state index in [4.69, 9.17) is 0 Å². The number of anilines is 1. The van der Waals surface area contributed by atoms with Gasteiger partial charge in [0.2, 0.25) is 5.91 Å². The van der Waals surface area contributed by atoms with Crippen LogP contribution in [0.25, 0.3) is 0 Å². The number of hydrogen-bond acceptors (Lipinski definition) is 4. The molecule has 0 saturated heterocycles. The number of carbonyl (C=O) groups is 1. The first-order valence-electron chi connectivity index (χ1n) is 5.52. The number of aryl methyl sites for hydroxylation is 2. The monoisotopic (exact) mass is 263 g/mol. The largest absolute Gasteiger partial charge is 0.315 e. The second kappa shape index (κ2) is 5.59. The zero-order chi connectivity index (χ0) is 13.0. The summed E-state index contributed by atoms with van der Waals surface area (Å²) >= 11 is 1.39. The van der Waals surface area contributed by atoms with E-state index in [9.17, 15) is 9.59 Å². The molecule has 1 amide bonds. The van der Waals surface area contributed by atoms with Crippen molar-refractivity contribution in [1.29, 1.82) is 0 Å². The Morgan fingerprint density at radius 3 is 3.00 bits per heavy atom. The van der Waals surface area contributed by atoms with Gasteiger partial charge in [-0.1, -0.05) is 6.07 Å². The zero-order valence-corrected chi connectivity index (χ0v) is 10.7. The molecule has 5 nitrogen and oxygen atoms in total. The number of nitrogens with zero attached hydrogens (tertiary/aromatic N) is 2. The number of carbonyl (C=O) groups excluding carboxylic acids is 1. The van der Waals surface area contributed by atoms with E-state index in [1.165, 1.54) is 22.0 Å². The lowest BCUT2D eigenvalue weighted by Crippen LogP contribution is -2.21. The van der Waals surface area contributed by atoms with Crippen LogP contribution < -0.4 is 10.9 Å². The van der Waals surface area contributed by atoms with Crippen molar-refractivity contribution < 1.29 is 4.79 Å². The summed E-state index contributed by atoms with van der Waals surface area (Å²) in [6, 6.07) is 4.92. The first-order valence-corrected chi connectivity index (χ1v) is 6.40. The van der Waals surface area contributed by atoms with Gasteiger partial charge in [-0.15, -0.1) is 11.3 Å². The van der Waals surface area contributed by atoms with Crippen molar-refractivity contribution in [1.82, 2.24) is 9.55 Å². The predicted molar refractivity (Wildman–Crippen MR) is 70.8 cm³/mol. The minimum Gasteiger partial charge on any atom is -0.315 e. The lowest BCUT2D eigenvalue weighted by atomic mass is 10.4. The summed E-state index contributed by atoms with van der Waals surface area (Å²) in [5.74, 6) is -0.139. The summed E-state index contributed by atoms with van der Waals surface area (Å²) in [5.41, 5.74) is 0.782. The molecule has 18 heavy (non-hydrogen) atoms. The third-order valence-corrected chi connectivity index (χ3v) is 3.22. The Balaban J connectivity index is 1.89. The smallest absolute Gasteiger partial charge is 0.250 e. The fourth-order valence-corrected chi connectivity index (χ4v) is 2.16. The quantitative estimate of drug-likeness (QED) is 0.912. The minimum atomic E-state index is -0.139. The van der Waals surface area contributed by atoms with E-state index in [0.29, 0.717) is 11.7 Å². The molecule has 6 heteroatoms. The average molecular weight is 263 g/mol. The summed E-state index contributed by atoms with van der Waals surface area (Å²) in [6.07, 6.45) is 1.92. The Morgan fingerprint density at radius 1 is 1.50 bits per heavy atom. The van der Waals surface area contributed by atoms with Crippen LogP contribution in [0.4, 0.5) is 5.13 Å². The van der Waals surface area contributed by atoms with Crippen LogP contribution >= 0.6 is 11.3 Å². The average Bonchev–Trinajstić information content (AvgIpc) is 2.74. The first-order chi connectivity index (χ1) is 8.65. The molecule has 94 valence electrons. The van der Waals surface area contributed by atoms with E-state index >= 15 is 0 Å². The molecular formula is C12H13N3O2S. The maximum Gasteiger partial charge on any atom is 0.250 e. The summed E-state index contributed by atoms with van der Waals surface area (Å²) in [6.45, 7) is 2.24. The van der Waals surface area contributed by atoms with Crippen molar-refractivity contribution in [3.63, 3.8) is 0 Å². The van der Waals surface area contributed by atoms with Crippen LogP contribution in [0.15, 0.2) is 34.6 Å². The molecule has 2 rings (SSSR count). The SMILES string of the molecule is Cc1csc(NC(=O)CCn2ccccc2=O)n1. The van der Waals surface area contributed by atoms with Gasteiger partial charge in [0, 0.05) is 30.6 Å². The van der Waals surface area contributed by atoms with Gasteiger partial charge in [-0.05, 0) is 13.0 Å². The normalized spacial score (nSPS) is 10.3. The fraction of sp³-hybridized carbons (Fsp3) is 0.250. The number of hydrogen-bond donors (Lipinski definition) is 1. The van der Waals surface area contributed by atoms with Crippen LogP contribution in [0.2, 0.25) is 0 Å². The summed E-state index contributed by atoms with van der Waals surface area (Å²) in [4.78, 5) is 27.2. The number of pyridine rings is 1. The number of thiazole rings is 1. The third-order valence-electron chi connectivity index (χ3n) is 2.34. The predicted octanol–water partition coefficient (Wildman–Crippen LogP) is 1.64. The maximum absolute atomic E-state index is 11.6. The van der Waals surface area contributed by atoms with Crippen molar-refractivity contribution in [2.24, 2.45) is 0 Å². The van der Waals surface area contributed by atoms with Crippen LogP contribution in [0.3, 0.4) is 0 Å². The van der Waals surface area contributed by atoms with Crippen LogP contribution in [0.1, 0.15) is 12.1 Å². The van der Waals surface area contributed by atoms with E-state index in [2.05, 4.69) is 10.3 Å². The first kappa shape index (κ1) is 12.5. The standard InChI is InChI=1S/C12H13N3O2S/c1-9-8-18-12(13-9)14-10(16)5-7-15-6-3-2-4-11(15)17/h2-4,6,8H,5,7H2,1H3,(H,13,14,16). The van der Waals surface area contributed by atoms with Crippen LogP contribution in [-0.2, 0) is 11.3 Å². The number of nitrogens with one attached hydrogen (secondary N) is 1. The van der Waals surface area contributed by atoms with Crippen molar-refractivity contribution in [3.8, 4) is 0 Å². The minimum absolute atomic E-state index is 0.101. The van der Waals surface area contributed by atoms with E-state index in [0.717, 1.165) is 5.69 Å². The zero-order valence-electron chi connectivity index (χ0n) is 9.92. The van der Waals surface area contributed by atoms with Crippen LogP contribution in [-0.4, -0.2) is 15.5 Å². The lowest BCUT2D eigenvalue weighted by Gasteiger charge is -2.04. The van der Waals surface area contributed by atoms with Gasteiger partial charge < -0.3 is 9.88 Å². The van der Waals surface area contributed by atoms with Crippen molar-refractivity contribution >= 4 is 22.4 Å². The van der Waals surface area contributed by atoms with Crippen LogP contribution in [0.5, 0.6) is 0 Å². The highest BCUT2D eigenvalue weighted by molar-refractivity contribution is 7.13. The van der Waals surface area contributed by atoms with Crippen LogP contribution in [0, 0.1) is 6.92 Å². The molecule has 0 saturated carbocycles. The van der Waals surface area contributed by atoms with E-state index in [1.807, 2.05) is 12.3 Å². The second-order valence-electron chi connectivity index (χ2n) is 3.82. The van der Waals surface area contributed by atoms with Gasteiger partial charge in [-0.25, -0.2) is 4.98 Å². The molecule has 0 aliphatic rings. The molecule has 2 aromatic heterocycles. The topological polar surface area (TPSA) is 64.0 Å².